The van der Waals surface area contributed by atoms with Crippen LogP contribution in [0.1, 0.15) is 23.0 Å². The summed E-state index contributed by atoms with van der Waals surface area (Å²) in [6.07, 6.45) is 1.34. The lowest BCUT2D eigenvalue weighted by molar-refractivity contribution is 0.0953. The van der Waals surface area contributed by atoms with Crippen molar-refractivity contribution in [1.82, 2.24) is 10.3 Å². The van der Waals surface area contributed by atoms with E-state index in [2.05, 4.69) is 0 Å². The third-order valence-electron chi connectivity index (χ3n) is 3.21. The van der Waals surface area contributed by atoms with Gasteiger partial charge in [-0.05, 0) is 13.0 Å². The summed E-state index contributed by atoms with van der Waals surface area (Å²) in [6, 6.07) is 1.55. The second kappa shape index (κ2) is 5.32. The minimum atomic E-state index is -2.92. The number of hydrogen-bond acceptors (Lipinski definition) is 6. The summed E-state index contributed by atoms with van der Waals surface area (Å²) in [5.74, 6) is 5.55. The average Bonchev–Trinajstić information content (AvgIpc) is 2.80. The van der Waals surface area contributed by atoms with Crippen molar-refractivity contribution in [2.24, 2.45) is 5.84 Å². The molecular formula is C11H17N3O4S. The Morgan fingerprint density at radius 1 is 1.63 bits per heavy atom. The van der Waals surface area contributed by atoms with Gasteiger partial charge in [0.05, 0.1) is 23.6 Å². The van der Waals surface area contributed by atoms with Crippen LogP contribution in [0.15, 0.2) is 16.7 Å². The third-order valence-corrected chi connectivity index (χ3v) is 5.01. The summed E-state index contributed by atoms with van der Waals surface area (Å²) in [7, 11) is -2.92. The first kappa shape index (κ1) is 14.0. The number of nitrogens with zero attached hydrogens (tertiary/aromatic N) is 1. The average molecular weight is 287 g/mol. The highest BCUT2D eigenvalue weighted by Gasteiger charge is 2.28. The third kappa shape index (κ3) is 3.34. The summed E-state index contributed by atoms with van der Waals surface area (Å²) in [4.78, 5) is 13.3. The number of sulfone groups is 1. The van der Waals surface area contributed by atoms with E-state index in [0.717, 1.165) is 0 Å². The molecule has 0 bridgehead atoms. The number of carbonyl (C=O) groups excluding carboxylic acids is 1. The zero-order chi connectivity index (χ0) is 14.0. The minimum absolute atomic E-state index is 0.0596. The quantitative estimate of drug-likeness (QED) is 0.441. The molecule has 3 N–H and O–H groups in total. The number of rotatable bonds is 3. The van der Waals surface area contributed by atoms with E-state index in [1.54, 1.807) is 6.07 Å². The van der Waals surface area contributed by atoms with E-state index in [9.17, 15) is 13.2 Å². The zero-order valence-electron chi connectivity index (χ0n) is 10.6. The first-order valence-electron chi connectivity index (χ1n) is 5.94. The number of nitrogen functional groups attached to an aromatic ring is 1. The Balaban J connectivity index is 2.02. The number of nitrogens with two attached hydrogens (primary N) is 1. The Morgan fingerprint density at radius 2 is 2.37 bits per heavy atom. The maximum Gasteiger partial charge on any atom is 0.268 e. The Morgan fingerprint density at radius 3 is 3.00 bits per heavy atom. The van der Waals surface area contributed by atoms with E-state index in [4.69, 9.17) is 10.3 Å². The lowest BCUT2D eigenvalue weighted by Crippen LogP contribution is -2.46. The SMILES string of the molecule is CC1CS(=O)(=O)CCN1Cc1cc(C(=O)NN)co1. The molecule has 0 aliphatic carbocycles. The molecule has 0 radical (unpaired) electrons. The molecule has 0 spiro atoms. The van der Waals surface area contributed by atoms with Crippen molar-refractivity contribution in [1.29, 1.82) is 0 Å². The fourth-order valence-electron chi connectivity index (χ4n) is 2.13. The van der Waals surface area contributed by atoms with Gasteiger partial charge in [0, 0.05) is 12.6 Å². The monoisotopic (exact) mass is 287 g/mol. The molecule has 0 aromatic carbocycles. The molecule has 106 valence electrons. The van der Waals surface area contributed by atoms with Gasteiger partial charge in [-0.25, -0.2) is 14.3 Å². The topological polar surface area (TPSA) is 106 Å². The summed E-state index contributed by atoms with van der Waals surface area (Å²) in [5, 5.41) is 0. The minimum Gasteiger partial charge on any atom is -0.467 e. The second-order valence-electron chi connectivity index (χ2n) is 4.71. The van der Waals surface area contributed by atoms with Crippen molar-refractivity contribution in [3.63, 3.8) is 0 Å². The van der Waals surface area contributed by atoms with Crippen molar-refractivity contribution >= 4 is 15.7 Å². The number of furan rings is 1. The molecule has 2 rings (SSSR count). The Kier molecular flexibility index (Phi) is 3.93. The van der Waals surface area contributed by atoms with Gasteiger partial charge < -0.3 is 4.42 Å². The van der Waals surface area contributed by atoms with Crippen LogP contribution in [0.3, 0.4) is 0 Å². The summed E-state index contributed by atoms with van der Waals surface area (Å²) < 4.78 is 28.2. The summed E-state index contributed by atoms with van der Waals surface area (Å²) in [5.41, 5.74) is 2.38. The second-order valence-corrected chi connectivity index (χ2v) is 6.94. The van der Waals surface area contributed by atoms with Crippen LogP contribution in [0.4, 0.5) is 0 Å². The van der Waals surface area contributed by atoms with Gasteiger partial charge in [-0.15, -0.1) is 0 Å². The molecule has 1 unspecified atom stereocenters. The lowest BCUT2D eigenvalue weighted by Gasteiger charge is -2.32. The number of hydrazine groups is 1. The van der Waals surface area contributed by atoms with Crippen molar-refractivity contribution in [2.75, 3.05) is 18.1 Å². The van der Waals surface area contributed by atoms with Gasteiger partial charge in [-0.1, -0.05) is 0 Å². The molecule has 7 nitrogen and oxygen atoms in total. The van der Waals surface area contributed by atoms with E-state index in [-0.39, 0.29) is 17.5 Å². The number of hydrogen-bond donors (Lipinski definition) is 2. The number of nitrogens with one attached hydrogen (secondary N) is 1. The van der Waals surface area contributed by atoms with Crippen LogP contribution in [0.5, 0.6) is 0 Å². The number of carbonyl (C=O) groups is 1. The van der Waals surface area contributed by atoms with E-state index in [0.29, 0.717) is 24.4 Å². The molecule has 1 aliphatic heterocycles. The fourth-order valence-corrected chi connectivity index (χ4v) is 3.76. The molecule has 1 aliphatic rings. The molecule has 19 heavy (non-hydrogen) atoms. The molecule has 1 saturated heterocycles. The van der Waals surface area contributed by atoms with Crippen LogP contribution in [-0.2, 0) is 16.4 Å². The standard InChI is InChI=1S/C11H17N3O4S/c1-8-7-19(16,17)3-2-14(8)5-10-4-9(6-18-10)11(15)13-12/h4,6,8H,2-3,5,7,12H2,1H3,(H,13,15). The van der Waals surface area contributed by atoms with Crippen molar-refractivity contribution in [3.05, 3.63) is 23.7 Å². The fraction of sp³-hybridized carbons (Fsp3) is 0.545. The van der Waals surface area contributed by atoms with Crippen LogP contribution in [0.2, 0.25) is 0 Å². The maximum atomic E-state index is 11.5. The molecule has 1 aromatic rings. The highest BCUT2D eigenvalue weighted by molar-refractivity contribution is 7.91. The van der Waals surface area contributed by atoms with Gasteiger partial charge in [-0.2, -0.15) is 0 Å². The molecule has 8 heteroatoms. The predicted octanol–water partition coefficient (Wildman–Crippen LogP) is -0.498. The van der Waals surface area contributed by atoms with Crippen molar-refractivity contribution in [3.8, 4) is 0 Å². The van der Waals surface area contributed by atoms with Gasteiger partial charge in [0.2, 0.25) is 0 Å². The van der Waals surface area contributed by atoms with Gasteiger partial charge in [0.15, 0.2) is 9.84 Å². The normalized spacial score (nSPS) is 23.2. The molecule has 1 amide bonds. The van der Waals surface area contributed by atoms with Crippen molar-refractivity contribution < 1.29 is 17.6 Å². The Bertz CT molecular complexity index is 566. The van der Waals surface area contributed by atoms with E-state index in [1.807, 2.05) is 17.2 Å². The summed E-state index contributed by atoms with van der Waals surface area (Å²) in [6.45, 7) is 2.82. The first-order valence-corrected chi connectivity index (χ1v) is 7.76. The van der Waals surface area contributed by atoms with Crippen LogP contribution in [-0.4, -0.2) is 43.3 Å². The summed E-state index contributed by atoms with van der Waals surface area (Å²) >= 11 is 0. The highest BCUT2D eigenvalue weighted by Crippen LogP contribution is 2.17. The van der Waals surface area contributed by atoms with Gasteiger partial charge in [0.25, 0.3) is 5.91 Å². The smallest absolute Gasteiger partial charge is 0.268 e. The van der Waals surface area contributed by atoms with Crippen LogP contribution in [0, 0.1) is 0 Å². The molecule has 1 atom stereocenters. The lowest BCUT2D eigenvalue weighted by atomic mass is 10.2. The van der Waals surface area contributed by atoms with Gasteiger partial charge >= 0.3 is 0 Å². The molecular weight excluding hydrogens is 270 g/mol. The maximum absolute atomic E-state index is 11.5. The first-order chi connectivity index (χ1) is 8.91. The van der Waals surface area contributed by atoms with E-state index < -0.39 is 15.7 Å². The Labute approximate surface area is 111 Å². The molecule has 1 aromatic heterocycles. The van der Waals surface area contributed by atoms with Gasteiger partial charge in [0.1, 0.15) is 12.0 Å². The van der Waals surface area contributed by atoms with E-state index in [1.165, 1.54) is 6.26 Å². The highest BCUT2D eigenvalue weighted by atomic mass is 32.2. The molecule has 2 heterocycles. The van der Waals surface area contributed by atoms with Crippen LogP contribution in [0.25, 0.3) is 0 Å². The largest absolute Gasteiger partial charge is 0.467 e. The number of amides is 1. The van der Waals surface area contributed by atoms with Gasteiger partial charge in [-0.3, -0.25) is 15.1 Å². The molecule has 0 saturated carbocycles. The zero-order valence-corrected chi connectivity index (χ0v) is 11.4. The predicted molar refractivity (Wildman–Crippen MR) is 68.9 cm³/mol. The van der Waals surface area contributed by atoms with E-state index >= 15 is 0 Å². The molecule has 1 fully saturated rings. The van der Waals surface area contributed by atoms with Crippen molar-refractivity contribution in [2.45, 2.75) is 19.5 Å². The van der Waals surface area contributed by atoms with Crippen LogP contribution < -0.4 is 11.3 Å². The Hall–Kier alpha value is -1.38. The van der Waals surface area contributed by atoms with Crippen LogP contribution >= 0.6 is 0 Å².